The lowest BCUT2D eigenvalue weighted by molar-refractivity contribution is 0.100. The van der Waals surface area contributed by atoms with Gasteiger partial charge in [0.05, 0.1) is 17.5 Å². The van der Waals surface area contributed by atoms with Gasteiger partial charge in [-0.25, -0.2) is 9.07 Å². The number of para-hydroxylation sites is 1. The Balaban J connectivity index is 2.12. The molecule has 4 N–H and O–H groups in total. The number of aliphatic imine (C=N–C) groups is 1. The molecule has 6 nitrogen and oxygen atoms in total. The number of halogens is 1. The van der Waals surface area contributed by atoms with Gasteiger partial charge in [-0.3, -0.25) is 4.79 Å². The van der Waals surface area contributed by atoms with Crippen LogP contribution in [0.4, 0.5) is 4.39 Å². The van der Waals surface area contributed by atoms with E-state index in [-0.39, 0.29) is 11.9 Å². The Morgan fingerprint density at radius 3 is 2.67 bits per heavy atom. The van der Waals surface area contributed by atoms with Crippen molar-refractivity contribution in [1.29, 1.82) is 0 Å². The maximum Gasteiger partial charge on any atom is 0.283 e. The Bertz CT molecular complexity index is 729. The van der Waals surface area contributed by atoms with Crippen molar-refractivity contribution in [3.05, 3.63) is 47.5 Å². The highest BCUT2D eigenvalue weighted by atomic mass is 19.1. The zero-order valence-electron chi connectivity index (χ0n) is 11.2. The van der Waals surface area contributed by atoms with E-state index in [1.54, 1.807) is 18.2 Å². The summed E-state index contributed by atoms with van der Waals surface area (Å²) < 4.78 is 15.4. The standard InChI is InChI=1S/C14H14FN5O/c15-10-3-1-2-4-11(10)20-12(8-5-6-8)9(7-18-20)13(21)19-14(16)17/h1-4,7-8H,5-6H2,(H4,16,17,19,21). The summed E-state index contributed by atoms with van der Waals surface area (Å²) in [4.78, 5) is 15.6. The summed E-state index contributed by atoms with van der Waals surface area (Å²) in [5.41, 5.74) is 11.8. The van der Waals surface area contributed by atoms with Crippen molar-refractivity contribution in [3.8, 4) is 5.69 Å². The number of guanidine groups is 1. The van der Waals surface area contributed by atoms with Crippen LogP contribution in [0.25, 0.3) is 5.69 Å². The molecule has 0 atom stereocenters. The van der Waals surface area contributed by atoms with E-state index in [2.05, 4.69) is 10.1 Å². The average Bonchev–Trinajstić information content (AvgIpc) is 3.17. The summed E-state index contributed by atoms with van der Waals surface area (Å²) in [6.45, 7) is 0. The summed E-state index contributed by atoms with van der Waals surface area (Å²) in [5.74, 6) is -1.08. The third-order valence-electron chi connectivity index (χ3n) is 3.31. The van der Waals surface area contributed by atoms with Gasteiger partial charge in [-0.15, -0.1) is 0 Å². The van der Waals surface area contributed by atoms with E-state index in [0.717, 1.165) is 12.8 Å². The maximum atomic E-state index is 13.9. The highest BCUT2D eigenvalue weighted by Crippen LogP contribution is 2.42. The van der Waals surface area contributed by atoms with Crippen LogP contribution in [0.5, 0.6) is 0 Å². The molecule has 108 valence electrons. The zero-order chi connectivity index (χ0) is 15.0. The second-order valence-corrected chi connectivity index (χ2v) is 4.92. The smallest absolute Gasteiger partial charge is 0.283 e. The van der Waals surface area contributed by atoms with Crippen LogP contribution in [-0.4, -0.2) is 21.6 Å². The quantitative estimate of drug-likeness (QED) is 0.656. The van der Waals surface area contributed by atoms with Gasteiger partial charge in [0.15, 0.2) is 5.96 Å². The van der Waals surface area contributed by atoms with Gasteiger partial charge >= 0.3 is 0 Å². The fourth-order valence-corrected chi connectivity index (χ4v) is 2.27. The predicted octanol–water partition coefficient (Wildman–Crippen LogP) is 1.30. The normalized spacial score (nSPS) is 14.0. The number of aromatic nitrogens is 2. The van der Waals surface area contributed by atoms with Crippen LogP contribution in [-0.2, 0) is 0 Å². The largest absolute Gasteiger partial charge is 0.370 e. The van der Waals surface area contributed by atoms with E-state index >= 15 is 0 Å². The van der Waals surface area contributed by atoms with Crippen LogP contribution in [0.2, 0.25) is 0 Å². The van der Waals surface area contributed by atoms with Gasteiger partial charge in [0.1, 0.15) is 11.5 Å². The van der Waals surface area contributed by atoms with Gasteiger partial charge in [0.25, 0.3) is 5.91 Å². The molecule has 1 saturated carbocycles. The first-order chi connectivity index (χ1) is 10.1. The van der Waals surface area contributed by atoms with Gasteiger partial charge in [-0.2, -0.15) is 10.1 Å². The van der Waals surface area contributed by atoms with Crippen molar-refractivity contribution in [2.45, 2.75) is 18.8 Å². The van der Waals surface area contributed by atoms with Gasteiger partial charge in [0.2, 0.25) is 0 Å². The van der Waals surface area contributed by atoms with E-state index in [1.165, 1.54) is 16.9 Å². The molecule has 0 spiro atoms. The molecule has 2 aromatic rings. The minimum atomic E-state index is -0.556. The summed E-state index contributed by atoms with van der Waals surface area (Å²) in [6, 6.07) is 6.28. The maximum absolute atomic E-state index is 13.9. The minimum absolute atomic E-state index is 0.181. The van der Waals surface area contributed by atoms with Crippen molar-refractivity contribution in [3.63, 3.8) is 0 Å². The predicted molar refractivity (Wildman–Crippen MR) is 75.6 cm³/mol. The molecule has 1 aliphatic carbocycles. The molecule has 1 aromatic heterocycles. The summed E-state index contributed by atoms with van der Waals surface area (Å²) in [6.07, 6.45) is 3.25. The van der Waals surface area contributed by atoms with Crippen LogP contribution in [0, 0.1) is 5.82 Å². The van der Waals surface area contributed by atoms with Crippen LogP contribution in [0.3, 0.4) is 0 Å². The van der Waals surface area contributed by atoms with E-state index in [1.807, 2.05) is 0 Å². The Hall–Kier alpha value is -2.70. The third kappa shape index (κ3) is 2.49. The van der Waals surface area contributed by atoms with E-state index < -0.39 is 11.7 Å². The lowest BCUT2D eigenvalue weighted by Crippen LogP contribution is -2.24. The molecule has 0 unspecified atom stereocenters. The fourth-order valence-electron chi connectivity index (χ4n) is 2.27. The zero-order valence-corrected chi connectivity index (χ0v) is 11.2. The van der Waals surface area contributed by atoms with Crippen LogP contribution in [0.15, 0.2) is 35.5 Å². The number of carbonyl (C=O) groups is 1. The topological polar surface area (TPSA) is 99.3 Å². The van der Waals surface area contributed by atoms with Crippen LogP contribution < -0.4 is 11.5 Å². The molecule has 1 heterocycles. The first-order valence-electron chi connectivity index (χ1n) is 6.54. The summed E-state index contributed by atoms with van der Waals surface area (Å²) in [7, 11) is 0. The van der Waals surface area contributed by atoms with E-state index in [0.29, 0.717) is 16.9 Å². The molecule has 1 aromatic carbocycles. The average molecular weight is 287 g/mol. The number of nitrogens with zero attached hydrogens (tertiary/aromatic N) is 3. The third-order valence-corrected chi connectivity index (χ3v) is 3.31. The number of amides is 1. The number of carbonyl (C=O) groups excluding carboxylic acids is 1. The van der Waals surface area contributed by atoms with E-state index in [4.69, 9.17) is 11.5 Å². The monoisotopic (exact) mass is 287 g/mol. The SMILES string of the molecule is NC(N)=NC(=O)c1cnn(-c2ccccc2F)c1C1CC1. The summed E-state index contributed by atoms with van der Waals surface area (Å²) in [5, 5.41) is 4.14. The Kier molecular flexibility index (Phi) is 3.17. The van der Waals surface area contributed by atoms with Gasteiger partial charge in [-0.1, -0.05) is 12.1 Å². The second kappa shape index (κ2) is 5.01. The van der Waals surface area contributed by atoms with Gasteiger partial charge in [-0.05, 0) is 25.0 Å². The molecule has 0 saturated heterocycles. The van der Waals surface area contributed by atoms with Crippen molar-refractivity contribution in [2.75, 3.05) is 0 Å². The number of hydrogen-bond donors (Lipinski definition) is 2. The number of nitrogens with two attached hydrogens (primary N) is 2. The Morgan fingerprint density at radius 1 is 1.33 bits per heavy atom. The molecule has 1 amide bonds. The van der Waals surface area contributed by atoms with Crippen molar-refractivity contribution >= 4 is 11.9 Å². The van der Waals surface area contributed by atoms with Crippen molar-refractivity contribution in [1.82, 2.24) is 9.78 Å². The first-order valence-corrected chi connectivity index (χ1v) is 6.54. The highest BCUT2D eigenvalue weighted by molar-refractivity contribution is 6.02. The first kappa shape index (κ1) is 13.3. The molecular weight excluding hydrogens is 273 g/mol. The Morgan fingerprint density at radius 2 is 2.05 bits per heavy atom. The minimum Gasteiger partial charge on any atom is -0.370 e. The highest BCUT2D eigenvalue weighted by Gasteiger charge is 2.33. The van der Waals surface area contributed by atoms with Gasteiger partial charge < -0.3 is 11.5 Å². The number of hydrogen-bond acceptors (Lipinski definition) is 2. The molecule has 0 bridgehead atoms. The molecule has 1 aliphatic rings. The molecule has 0 aliphatic heterocycles. The lowest BCUT2D eigenvalue weighted by Gasteiger charge is -2.08. The molecule has 21 heavy (non-hydrogen) atoms. The molecule has 0 radical (unpaired) electrons. The summed E-state index contributed by atoms with van der Waals surface area (Å²) >= 11 is 0. The Labute approximate surface area is 120 Å². The van der Waals surface area contributed by atoms with Crippen LogP contribution >= 0.6 is 0 Å². The molecule has 1 fully saturated rings. The molecule has 7 heteroatoms. The number of rotatable bonds is 3. The van der Waals surface area contributed by atoms with Crippen molar-refractivity contribution < 1.29 is 9.18 Å². The second-order valence-electron chi connectivity index (χ2n) is 4.92. The molecule has 3 rings (SSSR count). The van der Waals surface area contributed by atoms with Crippen LogP contribution in [0.1, 0.15) is 34.8 Å². The van der Waals surface area contributed by atoms with Crippen molar-refractivity contribution in [2.24, 2.45) is 16.5 Å². The molecular formula is C14H14FN5O. The van der Waals surface area contributed by atoms with E-state index in [9.17, 15) is 9.18 Å². The van der Waals surface area contributed by atoms with Gasteiger partial charge in [0, 0.05) is 5.92 Å². The fraction of sp³-hybridized carbons (Fsp3) is 0.214. The number of benzene rings is 1. The lowest BCUT2D eigenvalue weighted by atomic mass is 10.1.